The second-order valence-electron chi connectivity index (χ2n) is 9.18. The molecular formula is C30H36NO4P. The molecule has 0 fully saturated rings. The normalized spacial score (nSPS) is 14.7. The maximum atomic E-state index is 12.8. The molecule has 3 aromatic rings. The Labute approximate surface area is 215 Å². The Kier molecular flexibility index (Phi) is 9.94. The van der Waals surface area contributed by atoms with Crippen molar-refractivity contribution in [2.45, 2.75) is 57.8 Å². The average molecular weight is 506 g/mol. The van der Waals surface area contributed by atoms with Crippen molar-refractivity contribution in [3.63, 3.8) is 0 Å². The van der Waals surface area contributed by atoms with Crippen LogP contribution in [0.2, 0.25) is 0 Å². The molecule has 0 aliphatic carbocycles. The molecule has 1 heterocycles. The van der Waals surface area contributed by atoms with Crippen molar-refractivity contribution in [3.8, 4) is 0 Å². The number of phosphoric acid groups is 1. The molecule has 0 amide bonds. The monoisotopic (exact) mass is 505 g/mol. The third-order valence-electron chi connectivity index (χ3n) is 6.41. The van der Waals surface area contributed by atoms with Gasteiger partial charge >= 0.3 is 7.82 Å². The third kappa shape index (κ3) is 7.91. The van der Waals surface area contributed by atoms with Gasteiger partial charge in [-0.3, -0.25) is 4.52 Å². The lowest BCUT2D eigenvalue weighted by Crippen LogP contribution is -2.25. The highest BCUT2D eigenvalue weighted by molar-refractivity contribution is 7.47. The first-order valence-electron chi connectivity index (χ1n) is 13.0. The summed E-state index contributed by atoms with van der Waals surface area (Å²) < 4.78 is 23.8. The number of benzene rings is 3. The molecule has 0 saturated heterocycles. The van der Waals surface area contributed by atoms with Gasteiger partial charge < -0.3 is 4.89 Å². The van der Waals surface area contributed by atoms with E-state index in [1.54, 1.807) is 0 Å². The van der Waals surface area contributed by atoms with Gasteiger partial charge in [0.15, 0.2) is 0 Å². The molecule has 190 valence electrons. The van der Waals surface area contributed by atoms with E-state index in [0.717, 1.165) is 54.6 Å². The SMILES string of the molecule is O=P(O)(OCCCCCCCCCc1ccccc1)ON1C(c2ccccc2)=CCc2ccccc21. The summed E-state index contributed by atoms with van der Waals surface area (Å²) in [5.74, 6) is 0. The molecule has 1 aliphatic rings. The van der Waals surface area contributed by atoms with Gasteiger partial charge in [-0.2, -0.15) is 4.62 Å². The highest BCUT2D eigenvalue weighted by Crippen LogP contribution is 2.49. The molecule has 1 atom stereocenters. The summed E-state index contributed by atoms with van der Waals surface area (Å²) in [6, 6.07) is 28.1. The van der Waals surface area contributed by atoms with Crippen LogP contribution in [0, 0.1) is 0 Å². The van der Waals surface area contributed by atoms with Gasteiger partial charge in [-0.25, -0.2) is 9.63 Å². The maximum absolute atomic E-state index is 12.8. The van der Waals surface area contributed by atoms with E-state index < -0.39 is 7.82 Å². The molecule has 4 rings (SSSR count). The molecule has 0 saturated carbocycles. The number of phosphoric ester groups is 1. The molecule has 5 nitrogen and oxygen atoms in total. The first kappa shape index (κ1) is 26.4. The first-order chi connectivity index (χ1) is 17.6. The molecular weight excluding hydrogens is 469 g/mol. The second kappa shape index (κ2) is 13.6. The summed E-state index contributed by atoms with van der Waals surface area (Å²) in [5, 5.41) is 1.45. The largest absolute Gasteiger partial charge is 0.494 e. The number of para-hydroxylation sites is 1. The summed E-state index contributed by atoms with van der Waals surface area (Å²) in [5.41, 5.74) is 4.84. The zero-order valence-electron chi connectivity index (χ0n) is 20.8. The predicted molar refractivity (Wildman–Crippen MR) is 146 cm³/mol. The Bertz CT molecular complexity index is 1150. The van der Waals surface area contributed by atoms with Gasteiger partial charge in [-0.05, 0) is 42.9 Å². The fourth-order valence-electron chi connectivity index (χ4n) is 4.50. The Morgan fingerprint density at radius 3 is 2.11 bits per heavy atom. The van der Waals surface area contributed by atoms with Crippen LogP contribution in [0.1, 0.15) is 61.6 Å². The Morgan fingerprint density at radius 2 is 1.36 bits per heavy atom. The van der Waals surface area contributed by atoms with Crippen LogP contribution in [0.3, 0.4) is 0 Å². The topological polar surface area (TPSA) is 59.0 Å². The van der Waals surface area contributed by atoms with Gasteiger partial charge in [0, 0.05) is 5.56 Å². The average Bonchev–Trinajstić information content (AvgIpc) is 2.91. The van der Waals surface area contributed by atoms with Crippen molar-refractivity contribution in [2.24, 2.45) is 0 Å². The zero-order chi connectivity index (χ0) is 25.1. The minimum Gasteiger partial charge on any atom is -0.301 e. The van der Waals surface area contributed by atoms with E-state index in [0.29, 0.717) is 0 Å². The van der Waals surface area contributed by atoms with E-state index in [1.165, 1.54) is 36.3 Å². The van der Waals surface area contributed by atoms with Crippen LogP contribution in [0.15, 0.2) is 91.0 Å². The van der Waals surface area contributed by atoms with Crippen molar-refractivity contribution >= 4 is 19.2 Å². The van der Waals surface area contributed by atoms with Gasteiger partial charge in [-0.1, -0.05) is 117 Å². The standard InChI is InChI=1S/C30H36NO4P/c32-36(33,34-25-15-5-3-1-2-4-8-16-26-17-9-6-10-18-26)35-31-29-22-14-13-21-28(29)23-24-30(31)27-19-11-7-12-20-27/h6-7,9-14,17-22,24H,1-5,8,15-16,23,25H2,(H,32,33). The summed E-state index contributed by atoms with van der Waals surface area (Å²) >= 11 is 0. The Balaban J connectivity index is 1.19. The van der Waals surface area contributed by atoms with E-state index in [9.17, 15) is 9.46 Å². The fourth-order valence-corrected chi connectivity index (χ4v) is 5.29. The molecule has 1 N–H and O–H groups in total. The predicted octanol–water partition coefficient (Wildman–Crippen LogP) is 8.11. The summed E-state index contributed by atoms with van der Waals surface area (Å²) in [6.07, 6.45) is 11.5. The van der Waals surface area contributed by atoms with Crippen molar-refractivity contribution < 1.29 is 18.6 Å². The number of fused-ring (bicyclic) bond motifs is 1. The summed E-state index contributed by atoms with van der Waals surface area (Å²) in [6.45, 7) is 0.196. The van der Waals surface area contributed by atoms with Crippen LogP contribution < -0.4 is 5.06 Å². The maximum Gasteiger partial charge on any atom is 0.494 e. The van der Waals surface area contributed by atoms with E-state index >= 15 is 0 Å². The minimum absolute atomic E-state index is 0.196. The molecule has 36 heavy (non-hydrogen) atoms. The highest BCUT2D eigenvalue weighted by atomic mass is 31.2. The van der Waals surface area contributed by atoms with Crippen molar-refractivity contribution in [1.82, 2.24) is 0 Å². The zero-order valence-corrected chi connectivity index (χ0v) is 21.7. The quantitative estimate of drug-likeness (QED) is 0.177. The van der Waals surface area contributed by atoms with Crippen molar-refractivity contribution in [2.75, 3.05) is 11.7 Å². The molecule has 1 aliphatic heterocycles. The summed E-state index contributed by atoms with van der Waals surface area (Å²) in [7, 11) is -4.29. The molecule has 6 heteroatoms. The molecule has 0 aromatic heterocycles. The first-order valence-corrected chi connectivity index (χ1v) is 14.5. The molecule has 0 spiro atoms. The molecule has 1 unspecified atom stereocenters. The van der Waals surface area contributed by atoms with Gasteiger partial charge in [0.2, 0.25) is 0 Å². The van der Waals surface area contributed by atoms with Crippen molar-refractivity contribution in [1.29, 1.82) is 0 Å². The third-order valence-corrected chi connectivity index (χ3v) is 7.28. The van der Waals surface area contributed by atoms with Crippen LogP contribution in [-0.4, -0.2) is 11.5 Å². The number of hydrogen-bond donors (Lipinski definition) is 1. The summed E-state index contributed by atoms with van der Waals surface area (Å²) in [4.78, 5) is 10.5. The second-order valence-corrected chi connectivity index (χ2v) is 10.5. The van der Waals surface area contributed by atoms with E-state index in [1.807, 2.05) is 60.7 Å². The lowest BCUT2D eigenvalue weighted by atomic mass is 10.0. The Hall–Kier alpha value is -2.69. The number of rotatable bonds is 14. The number of unbranched alkanes of at least 4 members (excludes halogenated alkanes) is 6. The van der Waals surface area contributed by atoms with Gasteiger partial charge in [0.1, 0.15) is 0 Å². The lowest BCUT2D eigenvalue weighted by molar-refractivity contribution is 0.148. The van der Waals surface area contributed by atoms with Gasteiger partial charge in [-0.15, -0.1) is 0 Å². The minimum atomic E-state index is -4.29. The Morgan fingerprint density at radius 1 is 0.750 bits per heavy atom. The van der Waals surface area contributed by atoms with Gasteiger partial charge in [0.05, 0.1) is 18.0 Å². The molecule has 3 aromatic carbocycles. The van der Waals surface area contributed by atoms with Crippen molar-refractivity contribution in [3.05, 3.63) is 108 Å². The molecule has 0 radical (unpaired) electrons. The number of hydroxylamine groups is 1. The van der Waals surface area contributed by atoms with Crippen LogP contribution in [0.5, 0.6) is 0 Å². The fraction of sp³-hybridized carbons (Fsp3) is 0.333. The van der Waals surface area contributed by atoms with E-state index in [-0.39, 0.29) is 6.61 Å². The number of allylic oxidation sites excluding steroid dienone is 1. The van der Waals surface area contributed by atoms with Crippen LogP contribution in [0.25, 0.3) is 5.70 Å². The van der Waals surface area contributed by atoms with Crippen LogP contribution >= 0.6 is 7.82 Å². The van der Waals surface area contributed by atoms with Gasteiger partial charge in [0.25, 0.3) is 0 Å². The molecule has 0 bridgehead atoms. The number of aryl methyl sites for hydroxylation is 1. The lowest BCUT2D eigenvalue weighted by Gasteiger charge is -2.32. The number of hydrogen-bond acceptors (Lipinski definition) is 4. The van der Waals surface area contributed by atoms with Crippen LogP contribution in [0.4, 0.5) is 5.69 Å². The number of nitrogens with zero attached hydrogens (tertiary/aromatic N) is 1. The highest BCUT2D eigenvalue weighted by Gasteiger charge is 2.31. The number of anilines is 1. The van der Waals surface area contributed by atoms with E-state index in [2.05, 4.69) is 30.3 Å². The smallest absolute Gasteiger partial charge is 0.301 e. The van der Waals surface area contributed by atoms with E-state index in [4.69, 9.17) is 9.15 Å². The van der Waals surface area contributed by atoms with Crippen LogP contribution in [-0.2, 0) is 26.6 Å².